The van der Waals surface area contributed by atoms with Crippen molar-refractivity contribution in [3.63, 3.8) is 0 Å². The standard InChI is InChI=1S/C12H19N3O3/c1-9-8-10(12(16)18-9)13-11-4-6-15(14-11)5-3-7-17-2/h4,6,9-10H,3,5,7-8H2,1-2H3,(H,13,14). The highest BCUT2D eigenvalue weighted by molar-refractivity contribution is 5.80. The molecule has 1 N–H and O–H groups in total. The molecule has 0 aromatic carbocycles. The Hall–Kier alpha value is -1.56. The molecule has 6 nitrogen and oxygen atoms in total. The van der Waals surface area contributed by atoms with Gasteiger partial charge < -0.3 is 14.8 Å². The van der Waals surface area contributed by atoms with Crippen LogP contribution in [0.15, 0.2) is 12.3 Å². The van der Waals surface area contributed by atoms with Gasteiger partial charge in [0.05, 0.1) is 0 Å². The van der Waals surface area contributed by atoms with Crippen molar-refractivity contribution in [3.05, 3.63) is 12.3 Å². The van der Waals surface area contributed by atoms with E-state index >= 15 is 0 Å². The molecule has 1 aliphatic heterocycles. The van der Waals surface area contributed by atoms with Crippen LogP contribution in [0, 0.1) is 0 Å². The van der Waals surface area contributed by atoms with Crippen molar-refractivity contribution >= 4 is 11.8 Å². The molecule has 100 valence electrons. The summed E-state index contributed by atoms with van der Waals surface area (Å²) in [6.45, 7) is 3.42. The number of esters is 1. The third-order valence-electron chi connectivity index (χ3n) is 2.87. The molecule has 0 amide bonds. The first-order valence-electron chi connectivity index (χ1n) is 6.18. The van der Waals surface area contributed by atoms with Gasteiger partial charge in [-0.1, -0.05) is 0 Å². The monoisotopic (exact) mass is 253 g/mol. The lowest BCUT2D eigenvalue weighted by Crippen LogP contribution is -2.24. The number of hydrogen-bond acceptors (Lipinski definition) is 5. The minimum Gasteiger partial charge on any atom is -0.461 e. The van der Waals surface area contributed by atoms with E-state index in [0.29, 0.717) is 12.2 Å². The molecule has 0 saturated carbocycles. The Kier molecular flexibility index (Phi) is 4.19. The molecule has 1 aliphatic rings. The van der Waals surface area contributed by atoms with Crippen molar-refractivity contribution in [1.29, 1.82) is 0 Å². The number of ether oxygens (including phenoxy) is 2. The molecule has 0 bridgehead atoms. The first kappa shape index (κ1) is 12.9. The lowest BCUT2D eigenvalue weighted by molar-refractivity contribution is -0.141. The zero-order valence-corrected chi connectivity index (χ0v) is 10.8. The highest BCUT2D eigenvalue weighted by Gasteiger charge is 2.31. The van der Waals surface area contributed by atoms with E-state index in [-0.39, 0.29) is 18.1 Å². The van der Waals surface area contributed by atoms with Gasteiger partial charge in [0.1, 0.15) is 18.0 Å². The predicted molar refractivity (Wildman–Crippen MR) is 66.3 cm³/mol. The van der Waals surface area contributed by atoms with Gasteiger partial charge in [0.2, 0.25) is 0 Å². The normalized spacial score (nSPS) is 23.1. The number of nitrogens with zero attached hydrogens (tertiary/aromatic N) is 2. The van der Waals surface area contributed by atoms with E-state index in [1.165, 1.54) is 0 Å². The summed E-state index contributed by atoms with van der Waals surface area (Å²) in [7, 11) is 1.68. The third kappa shape index (κ3) is 3.22. The minimum atomic E-state index is -0.276. The molecule has 6 heteroatoms. The van der Waals surface area contributed by atoms with Crippen molar-refractivity contribution in [2.45, 2.75) is 38.5 Å². The summed E-state index contributed by atoms with van der Waals surface area (Å²) >= 11 is 0. The van der Waals surface area contributed by atoms with Gasteiger partial charge in [-0.2, -0.15) is 5.10 Å². The van der Waals surface area contributed by atoms with Crippen LogP contribution in [0.3, 0.4) is 0 Å². The van der Waals surface area contributed by atoms with Crippen LogP contribution in [-0.2, 0) is 20.8 Å². The zero-order chi connectivity index (χ0) is 13.0. The largest absolute Gasteiger partial charge is 0.461 e. The number of aromatic nitrogens is 2. The Morgan fingerprint density at radius 3 is 3.17 bits per heavy atom. The summed E-state index contributed by atoms with van der Waals surface area (Å²) in [4.78, 5) is 11.5. The fraction of sp³-hybridized carbons (Fsp3) is 0.667. The number of methoxy groups -OCH3 is 1. The number of aryl methyl sites for hydroxylation is 1. The van der Waals surface area contributed by atoms with Crippen LogP contribution in [0.25, 0.3) is 0 Å². The highest BCUT2D eigenvalue weighted by Crippen LogP contribution is 2.18. The van der Waals surface area contributed by atoms with Crippen LogP contribution in [0.5, 0.6) is 0 Å². The maximum Gasteiger partial charge on any atom is 0.329 e. The van der Waals surface area contributed by atoms with E-state index in [1.54, 1.807) is 7.11 Å². The summed E-state index contributed by atoms with van der Waals surface area (Å²) in [6, 6.07) is 1.59. The number of rotatable bonds is 6. The summed E-state index contributed by atoms with van der Waals surface area (Å²) in [5, 5.41) is 7.44. The lowest BCUT2D eigenvalue weighted by Gasteiger charge is -2.06. The average molecular weight is 253 g/mol. The Balaban J connectivity index is 1.84. The summed E-state index contributed by atoms with van der Waals surface area (Å²) < 4.78 is 11.9. The Labute approximate surface area is 106 Å². The van der Waals surface area contributed by atoms with Gasteiger partial charge in [-0.3, -0.25) is 4.68 Å². The first-order valence-corrected chi connectivity index (χ1v) is 6.18. The van der Waals surface area contributed by atoms with Gasteiger partial charge in [0.25, 0.3) is 0 Å². The topological polar surface area (TPSA) is 65.4 Å². The molecule has 2 unspecified atom stereocenters. The SMILES string of the molecule is COCCCn1ccc(NC2CC(C)OC2=O)n1. The van der Waals surface area contributed by atoms with Gasteiger partial charge in [-0.25, -0.2) is 4.79 Å². The minimum absolute atomic E-state index is 0.0150. The van der Waals surface area contributed by atoms with E-state index in [4.69, 9.17) is 9.47 Å². The van der Waals surface area contributed by atoms with Gasteiger partial charge >= 0.3 is 5.97 Å². The molecule has 2 heterocycles. The molecule has 1 aromatic heterocycles. The van der Waals surface area contributed by atoms with Gasteiger partial charge in [0.15, 0.2) is 0 Å². The maximum absolute atomic E-state index is 11.5. The second kappa shape index (κ2) is 5.86. The fourth-order valence-corrected chi connectivity index (χ4v) is 1.99. The van der Waals surface area contributed by atoms with E-state index in [0.717, 1.165) is 19.6 Å². The number of anilines is 1. The molecule has 0 aliphatic carbocycles. The Morgan fingerprint density at radius 1 is 1.67 bits per heavy atom. The van der Waals surface area contributed by atoms with Crippen molar-refractivity contribution in [1.82, 2.24) is 9.78 Å². The molecule has 0 spiro atoms. The fourth-order valence-electron chi connectivity index (χ4n) is 1.99. The van der Waals surface area contributed by atoms with Crippen LogP contribution in [0.1, 0.15) is 19.8 Å². The Bertz CT molecular complexity index is 405. The van der Waals surface area contributed by atoms with Crippen molar-refractivity contribution in [2.24, 2.45) is 0 Å². The number of nitrogens with one attached hydrogen (secondary N) is 1. The molecule has 2 atom stereocenters. The summed E-state index contributed by atoms with van der Waals surface area (Å²) in [5.74, 6) is 0.514. The number of cyclic esters (lactones) is 1. The zero-order valence-electron chi connectivity index (χ0n) is 10.8. The molecular weight excluding hydrogens is 234 g/mol. The molecule has 1 saturated heterocycles. The van der Waals surface area contributed by atoms with Crippen molar-refractivity contribution < 1.29 is 14.3 Å². The van der Waals surface area contributed by atoms with Crippen LogP contribution in [0.4, 0.5) is 5.82 Å². The molecule has 0 radical (unpaired) electrons. The molecule has 1 fully saturated rings. The number of carbonyl (C=O) groups excluding carboxylic acids is 1. The second-order valence-electron chi connectivity index (χ2n) is 4.49. The summed E-state index contributed by atoms with van der Waals surface area (Å²) in [5.41, 5.74) is 0. The van der Waals surface area contributed by atoms with E-state index < -0.39 is 0 Å². The molecule has 1 aromatic rings. The predicted octanol–water partition coefficient (Wildman–Crippen LogP) is 1.04. The summed E-state index contributed by atoms with van der Waals surface area (Å²) in [6.07, 6.45) is 3.48. The quantitative estimate of drug-likeness (QED) is 0.606. The average Bonchev–Trinajstić information content (AvgIpc) is 2.88. The van der Waals surface area contributed by atoms with Crippen molar-refractivity contribution in [2.75, 3.05) is 19.0 Å². The van der Waals surface area contributed by atoms with Crippen LogP contribution in [-0.4, -0.2) is 41.6 Å². The first-order chi connectivity index (χ1) is 8.69. The Morgan fingerprint density at radius 2 is 2.50 bits per heavy atom. The van der Waals surface area contributed by atoms with E-state index in [2.05, 4.69) is 10.4 Å². The smallest absolute Gasteiger partial charge is 0.329 e. The highest BCUT2D eigenvalue weighted by atomic mass is 16.6. The molecular formula is C12H19N3O3. The maximum atomic E-state index is 11.5. The molecule has 2 rings (SSSR count). The van der Waals surface area contributed by atoms with Gasteiger partial charge in [-0.15, -0.1) is 0 Å². The van der Waals surface area contributed by atoms with Crippen LogP contribution < -0.4 is 5.32 Å². The number of carbonyl (C=O) groups is 1. The second-order valence-corrected chi connectivity index (χ2v) is 4.49. The third-order valence-corrected chi connectivity index (χ3v) is 2.87. The van der Waals surface area contributed by atoms with Crippen molar-refractivity contribution in [3.8, 4) is 0 Å². The van der Waals surface area contributed by atoms with Crippen LogP contribution in [0.2, 0.25) is 0 Å². The molecule has 18 heavy (non-hydrogen) atoms. The number of hydrogen-bond donors (Lipinski definition) is 1. The van der Waals surface area contributed by atoms with E-state index in [9.17, 15) is 4.79 Å². The van der Waals surface area contributed by atoms with Crippen LogP contribution >= 0.6 is 0 Å². The van der Waals surface area contributed by atoms with Gasteiger partial charge in [-0.05, 0) is 13.3 Å². The lowest BCUT2D eigenvalue weighted by atomic mass is 10.2. The van der Waals surface area contributed by atoms with E-state index in [1.807, 2.05) is 23.9 Å². The van der Waals surface area contributed by atoms with Gasteiger partial charge in [0, 0.05) is 38.9 Å².